The van der Waals surface area contributed by atoms with Gasteiger partial charge >= 0.3 is 0 Å². The zero-order chi connectivity index (χ0) is 24.3. The van der Waals surface area contributed by atoms with E-state index in [-0.39, 0.29) is 12.5 Å². The molecular weight excluding hydrogens is 468 g/mol. The highest BCUT2D eigenvalue weighted by Gasteiger charge is 2.18. The van der Waals surface area contributed by atoms with Crippen LogP contribution in [0.4, 0.5) is 0 Å². The van der Waals surface area contributed by atoms with Crippen molar-refractivity contribution in [2.75, 3.05) is 52.5 Å². The van der Waals surface area contributed by atoms with E-state index < -0.39 is 0 Å². The molecule has 0 bridgehead atoms. The molecule has 3 aromatic rings. The Kier molecular flexibility index (Phi) is 9.65. The molecule has 0 atom stereocenters. The van der Waals surface area contributed by atoms with Crippen LogP contribution in [0.2, 0.25) is 5.02 Å². The van der Waals surface area contributed by atoms with E-state index in [0.717, 1.165) is 50.4 Å². The fourth-order valence-corrected chi connectivity index (χ4v) is 4.11. The SMILES string of the molecule is O=C(COCc1ccccc1)N(CCCN1CCOCC1)CCc1nc(-c2cccc(Cl)c2)no1. The zero-order valence-electron chi connectivity index (χ0n) is 19.8. The summed E-state index contributed by atoms with van der Waals surface area (Å²) in [6, 6.07) is 17.2. The summed E-state index contributed by atoms with van der Waals surface area (Å²) >= 11 is 6.07. The Morgan fingerprint density at radius 1 is 1.09 bits per heavy atom. The quantitative estimate of drug-likeness (QED) is 0.376. The van der Waals surface area contributed by atoms with Crippen molar-refractivity contribution in [3.8, 4) is 11.4 Å². The van der Waals surface area contributed by atoms with Crippen LogP contribution in [0.3, 0.4) is 0 Å². The van der Waals surface area contributed by atoms with Crippen LogP contribution in [0.5, 0.6) is 0 Å². The summed E-state index contributed by atoms with van der Waals surface area (Å²) in [5.41, 5.74) is 1.83. The Hall–Kier alpha value is -2.78. The Balaban J connectivity index is 1.31. The lowest BCUT2D eigenvalue weighted by Gasteiger charge is -2.28. The lowest BCUT2D eigenvalue weighted by Crippen LogP contribution is -2.40. The van der Waals surface area contributed by atoms with Gasteiger partial charge in [0.15, 0.2) is 0 Å². The molecule has 35 heavy (non-hydrogen) atoms. The van der Waals surface area contributed by atoms with Gasteiger partial charge in [-0.2, -0.15) is 4.98 Å². The van der Waals surface area contributed by atoms with Crippen molar-refractivity contribution in [3.63, 3.8) is 0 Å². The molecule has 186 valence electrons. The average molecular weight is 499 g/mol. The predicted octanol–water partition coefficient (Wildman–Crippen LogP) is 3.70. The average Bonchev–Trinajstić information content (AvgIpc) is 3.36. The maximum absolute atomic E-state index is 13.0. The van der Waals surface area contributed by atoms with Crippen molar-refractivity contribution in [3.05, 3.63) is 71.1 Å². The number of aromatic nitrogens is 2. The molecule has 4 rings (SSSR count). The van der Waals surface area contributed by atoms with E-state index in [1.54, 1.807) is 12.1 Å². The van der Waals surface area contributed by atoms with Crippen molar-refractivity contribution >= 4 is 17.5 Å². The fourth-order valence-electron chi connectivity index (χ4n) is 3.92. The molecule has 0 radical (unpaired) electrons. The van der Waals surface area contributed by atoms with E-state index in [1.807, 2.05) is 47.4 Å². The van der Waals surface area contributed by atoms with Crippen molar-refractivity contribution in [1.82, 2.24) is 19.9 Å². The van der Waals surface area contributed by atoms with Crippen molar-refractivity contribution < 1.29 is 18.8 Å². The molecule has 8 nitrogen and oxygen atoms in total. The minimum absolute atomic E-state index is 0.0318. The number of amides is 1. The Labute approximate surface area is 210 Å². The third-order valence-electron chi connectivity index (χ3n) is 5.84. The maximum Gasteiger partial charge on any atom is 0.248 e. The molecule has 2 heterocycles. The Morgan fingerprint density at radius 3 is 2.71 bits per heavy atom. The van der Waals surface area contributed by atoms with Crippen LogP contribution >= 0.6 is 11.6 Å². The molecule has 1 fully saturated rings. The number of hydrogen-bond donors (Lipinski definition) is 0. The predicted molar refractivity (Wildman–Crippen MR) is 133 cm³/mol. The number of carbonyl (C=O) groups is 1. The second kappa shape index (κ2) is 13.3. The Bertz CT molecular complexity index is 1060. The van der Waals surface area contributed by atoms with Crippen LogP contribution in [0, 0.1) is 0 Å². The van der Waals surface area contributed by atoms with Crippen molar-refractivity contribution in [1.29, 1.82) is 0 Å². The molecule has 9 heteroatoms. The van der Waals surface area contributed by atoms with Crippen LogP contribution in [0.15, 0.2) is 59.1 Å². The highest BCUT2D eigenvalue weighted by molar-refractivity contribution is 6.30. The van der Waals surface area contributed by atoms with E-state index in [4.69, 9.17) is 25.6 Å². The minimum atomic E-state index is -0.0440. The summed E-state index contributed by atoms with van der Waals surface area (Å²) in [5.74, 6) is 0.924. The van der Waals surface area contributed by atoms with Gasteiger partial charge < -0.3 is 18.9 Å². The molecule has 1 aromatic heterocycles. The van der Waals surface area contributed by atoms with E-state index in [9.17, 15) is 4.79 Å². The highest BCUT2D eigenvalue weighted by atomic mass is 35.5. The van der Waals surface area contributed by atoms with Crippen LogP contribution in [-0.2, 0) is 27.3 Å². The van der Waals surface area contributed by atoms with Gasteiger partial charge in [0.25, 0.3) is 0 Å². The van der Waals surface area contributed by atoms with Gasteiger partial charge in [-0.05, 0) is 24.1 Å². The lowest BCUT2D eigenvalue weighted by molar-refractivity contribution is -0.136. The van der Waals surface area contributed by atoms with Gasteiger partial charge in [-0.3, -0.25) is 9.69 Å². The van der Waals surface area contributed by atoms with Gasteiger partial charge in [-0.1, -0.05) is 59.2 Å². The molecule has 0 spiro atoms. The minimum Gasteiger partial charge on any atom is -0.379 e. The number of rotatable bonds is 12. The standard InChI is InChI=1S/C26H31ClN4O4/c27-23-9-4-8-22(18-23)26-28-24(35-29-26)10-13-31(12-5-11-30-14-16-33-17-15-30)25(32)20-34-19-21-6-2-1-3-7-21/h1-4,6-9,18H,5,10-17,19-20H2. The summed E-state index contributed by atoms with van der Waals surface area (Å²) in [6.07, 6.45) is 1.34. The maximum atomic E-state index is 13.0. The second-order valence-electron chi connectivity index (χ2n) is 8.44. The molecule has 0 aliphatic carbocycles. The van der Waals surface area contributed by atoms with Gasteiger partial charge in [0, 0.05) is 49.7 Å². The van der Waals surface area contributed by atoms with E-state index in [1.165, 1.54) is 0 Å². The van der Waals surface area contributed by atoms with E-state index >= 15 is 0 Å². The third kappa shape index (κ3) is 8.14. The molecule has 1 amide bonds. The number of halogens is 1. The number of nitrogens with zero attached hydrogens (tertiary/aromatic N) is 4. The summed E-state index contributed by atoms with van der Waals surface area (Å²) < 4.78 is 16.6. The molecule has 0 N–H and O–H groups in total. The molecule has 0 saturated carbocycles. The smallest absolute Gasteiger partial charge is 0.248 e. The molecule has 2 aromatic carbocycles. The van der Waals surface area contributed by atoms with Crippen LogP contribution in [0.25, 0.3) is 11.4 Å². The van der Waals surface area contributed by atoms with Gasteiger partial charge in [-0.25, -0.2) is 0 Å². The van der Waals surface area contributed by atoms with Gasteiger partial charge in [0.05, 0.1) is 19.8 Å². The zero-order valence-corrected chi connectivity index (χ0v) is 20.5. The molecule has 1 aliphatic heterocycles. The molecule has 0 unspecified atom stereocenters. The topological polar surface area (TPSA) is 80.9 Å². The van der Waals surface area contributed by atoms with Crippen LogP contribution in [0.1, 0.15) is 17.9 Å². The van der Waals surface area contributed by atoms with Crippen LogP contribution in [-0.4, -0.2) is 78.4 Å². The molecule has 1 saturated heterocycles. The van der Waals surface area contributed by atoms with Crippen LogP contribution < -0.4 is 0 Å². The first kappa shape index (κ1) is 25.3. The van der Waals surface area contributed by atoms with Gasteiger partial charge in [-0.15, -0.1) is 0 Å². The largest absolute Gasteiger partial charge is 0.379 e. The normalized spacial score (nSPS) is 14.2. The number of benzene rings is 2. The fraction of sp³-hybridized carbons (Fsp3) is 0.423. The summed E-state index contributed by atoms with van der Waals surface area (Å²) in [4.78, 5) is 21.7. The molecule has 1 aliphatic rings. The summed E-state index contributed by atoms with van der Waals surface area (Å²) in [5, 5.41) is 4.68. The number of carbonyl (C=O) groups excluding carboxylic acids is 1. The number of hydrogen-bond acceptors (Lipinski definition) is 7. The Morgan fingerprint density at radius 2 is 1.91 bits per heavy atom. The van der Waals surface area contributed by atoms with Crippen molar-refractivity contribution in [2.45, 2.75) is 19.4 Å². The summed E-state index contributed by atoms with van der Waals surface area (Å²) in [6.45, 7) is 5.88. The first-order chi connectivity index (χ1) is 17.2. The van der Waals surface area contributed by atoms with E-state index in [2.05, 4.69) is 15.0 Å². The van der Waals surface area contributed by atoms with E-state index in [0.29, 0.717) is 42.9 Å². The molecular formula is C26H31ClN4O4. The first-order valence-electron chi connectivity index (χ1n) is 12.0. The number of morpholine rings is 1. The third-order valence-corrected chi connectivity index (χ3v) is 6.08. The first-order valence-corrected chi connectivity index (χ1v) is 12.3. The monoisotopic (exact) mass is 498 g/mol. The second-order valence-corrected chi connectivity index (χ2v) is 8.88. The van der Waals surface area contributed by atoms with Crippen molar-refractivity contribution in [2.24, 2.45) is 0 Å². The van der Waals surface area contributed by atoms with Gasteiger partial charge in [0.2, 0.25) is 17.6 Å². The number of ether oxygens (including phenoxy) is 2. The van der Waals surface area contributed by atoms with Gasteiger partial charge in [0.1, 0.15) is 6.61 Å². The lowest BCUT2D eigenvalue weighted by atomic mass is 10.2. The summed E-state index contributed by atoms with van der Waals surface area (Å²) in [7, 11) is 0. The highest BCUT2D eigenvalue weighted by Crippen LogP contribution is 2.20.